The lowest BCUT2D eigenvalue weighted by atomic mass is 9.65. The smallest absolute Gasteiger partial charge is 0.307 e. The summed E-state index contributed by atoms with van der Waals surface area (Å²) in [7, 11) is 0. The molecule has 2 rings (SSSR count). The molecule has 0 aliphatic heterocycles. The van der Waals surface area contributed by atoms with E-state index in [9.17, 15) is 14.3 Å². The zero-order chi connectivity index (χ0) is 14.2. The Balaban J connectivity index is 2.41. The van der Waals surface area contributed by atoms with Crippen molar-refractivity contribution in [1.82, 2.24) is 0 Å². The predicted molar refractivity (Wildman–Crippen MR) is 75.6 cm³/mol. The summed E-state index contributed by atoms with van der Waals surface area (Å²) < 4.78 is 14.8. The maximum atomic E-state index is 14.0. The van der Waals surface area contributed by atoms with Crippen molar-refractivity contribution >= 4 is 21.9 Å². The molecular formula is C15H18BrFO2. The zero-order valence-electron chi connectivity index (χ0n) is 11.1. The minimum Gasteiger partial charge on any atom is -0.481 e. The first-order valence-electron chi connectivity index (χ1n) is 6.48. The Morgan fingerprint density at radius 3 is 2.79 bits per heavy atom. The molecule has 1 saturated carbocycles. The molecule has 2 atom stereocenters. The van der Waals surface area contributed by atoms with E-state index in [0.717, 1.165) is 10.9 Å². The maximum Gasteiger partial charge on any atom is 0.307 e. The van der Waals surface area contributed by atoms with Gasteiger partial charge in [-0.2, -0.15) is 0 Å². The molecule has 19 heavy (non-hydrogen) atoms. The summed E-state index contributed by atoms with van der Waals surface area (Å²) in [5, 5.41) is 9.37. The lowest BCUT2D eigenvalue weighted by molar-refractivity contribution is -0.144. The number of aliphatic carboxylic acids is 1. The highest BCUT2D eigenvalue weighted by Gasteiger charge is 2.40. The second kappa shape index (κ2) is 5.23. The van der Waals surface area contributed by atoms with Gasteiger partial charge in [0.1, 0.15) is 5.82 Å². The first-order chi connectivity index (χ1) is 8.80. The van der Waals surface area contributed by atoms with E-state index in [1.807, 2.05) is 0 Å². The van der Waals surface area contributed by atoms with Gasteiger partial charge in [0.05, 0.1) is 5.92 Å². The van der Waals surface area contributed by atoms with Crippen LogP contribution in [0.25, 0.3) is 0 Å². The molecule has 0 heterocycles. The van der Waals surface area contributed by atoms with Crippen LogP contribution in [0.3, 0.4) is 0 Å². The summed E-state index contributed by atoms with van der Waals surface area (Å²) in [6.07, 6.45) is 2.19. The molecule has 4 heteroatoms. The molecule has 0 bridgehead atoms. The van der Waals surface area contributed by atoms with Gasteiger partial charge in [0.2, 0.25) is 0 Å². The summed E-state index contributed by atoms with van der Waals surface area (Å²) >= 11 is 3.33. The van der Waals surface area contributed by atoms with Crippen LogP contribution in [0.15, 0.2) is 22.7 Å². The second-order valence-electron chi connectivity index (χ2n) is 6.12. The minimum atomic E-state index is -0.820. The molecule has 1 fully saturated rings. The zero-order valence-corrected chi connectivity index (χ0v) is 12.7. The summed E-state index contributed by atoms with van der Waals surface area (Å²) in [5.74, 6) is -1.87. The van der Waals surface area contributed by atoms with Gasteiger partial charge in [-0.05, 0) is 48.4 Å². The van der Waals surface area contributed by atoms with Crippen LogP contribution >= 0.6 is 15.9 Å². The fourth-order valence-corrected chi connectivity index (χ4v) is 3.39. The Labute approximate surface area is 121 Å². The third kappa shape index (κ3) is 3.16. The van der Waals surface area contributed by atoms with E-state index in [4.69, 9.17) is 0 Å². The minimum absolute atomic E-state index is 0.0609. The molecule has 1 aromatic rings. The van der Waals surface area contributed by atoms with Gasteiger partial charge in [-0.1, -0.05) is 29.8 Å². The molecule has 1 N–H and O–H groups in total. The Kier molecular flexibility index (Phi) is 4.00. The van der Waals surface area contributed by atoms with Crippen LogP contribution in [-0.2, 0) is 4.79 Å². The largest absolute Gasteiger partial charge is 0.481 e. The topological polar surface area (TPSA) is 37.3 Å². The predicted octanol–water partition coefficient (Wildman–Crippen LogP) is 4.58. The normalized spacial score (nSPS) is 26.1. The van der Waals surface area contributed by atoms with Crippen LogP contribution in [0.5, 0.6) is 0 Å². The Morgan fingerprint density at radius 1 is 1.47 bits per heavy atom. The maximum absolute atomic E-state index is 14.0. The van der Waals surface area contributed by atoms with Crippen LogP contribution in [0.2, 0.25) is 0 Å². The number of carboxylic acids is 1. The SMILES string of the molecule is CC1(C)CCC(C(=O)O)C(c2cc(Br)ccc2F)C1. The lowest BCUT2D eigenvalue weighted by Crippen LogP contribution is -2.33. The van der Waals surface area contributed by atoms with Crippen molar-refractivity contribution in [2.75, 3.05) is 0 Å². The number of hydrogen-bond acceptors (Lipinski definition) is 1. The van der Waals surface area contributed by atoms with Crippen LogP contribution in [0.4, 0.5) is 4.39 Å². The van der Waals surface area contributed by atoms with E-state index >= 15 is 0 Å². The quantitative estimate of drug-likeness (QED) is 0.862. The van der Waals surface area contributed by atoms with Crippen LogP contribution < -0.4 is 0 Å². The summed E-state index contributed by atoms with van der Waals surface area (Å²) in [4.78, 5) is 11.4. The van der Waals surface area contributed by atoms with Crippen molar-refractivity contribution in [3.63, 3.8) is 0 Å². The van der Waals surface area contributed by atoms with E-state index in [-0.39, 0.29) is 17.2 Å². The fourth-order valence-electron chi connectivity index (χ4n) is 3.01. The first-order valence-corrected chi connectivity index (χ1v) is 7.27. The molecule has 0 spiro atoms. The van der Waals surface area contributed by atoms with Gasteiger partial charge < -0.3 is 5.11 Å². The molecule has 104 valence electrons. The average molecular weight is 329 g/mol. The molecule has 1 aliphatic rings. The first kappa shape index (κ1) is 14.5. The third-order valence-electron chi connectivity index (χ3n) is 4.07. The Bertz CT molecular complexity index is 499. The molecule has 1 aliphatic carbocycles. The molecule has 0 aromatic heterocycles. The third-order valence-corrected chi connectivity index (χ3v) is 4.56. The van der Waals surface area contributed by atoms with Gasteiger partial charge in [0.15, 0.2) is 0 Å². The number of carboxylic acid groups (broad SMARTS) is 1. The second-order valence-corrected chi connectivity index (χ2v) is 7.04. The van der Waals surface area contributed by atoms with Crippen molar-refractivity contribution in [2.45, 2.75) is 39.0 Å². The Hall–Kier alpha value is -0.900. The van der Waals surface area contributed by atoms with Crippen molar-refractivity contribution in [1.29, 1.82) is 0 Å². The molecule has 1 aromatic carbocycles. The average Bonchev–Trinajstić information content (AvgIpc) is 2.30. The van der Waals surface area contributed by atoms with Gasteiger partial charge >= 0.3 is 5.97 Å². The van der Waals surface area contributed by atoms with E-state index in [2.05, 4.69) is 29.8 Å². The van der Waals surface area contributed by atoms with E-state index in [0.29, 0.717) is 18.4 Å². The van der Waals surface area contributed by atoms with Crippen molar-refractivity contribution in [3.8, 4) is 0 Å². The van der Waals surface area contributed by atoms with Crippen LogP contribution in [0, 0.1) is 17.2 Å². The summed E-state index contributed by atoms with van der Waals surface area (Å²) in [5.41, 5.74) is 0.584. The highest BCUT2D eigenvalue weighted by molar-refractivity contribution is 9.10. The summed E-state index contributed by atoms with van der Waals surface area (Å²) in [6.45, 7) is 4.24. The molecule has 2 unspecified atom stereocenters. The molecule has 0 radical (unpaired) electrons. The lowest BCUT2D eigenvalue weighted by Gasteiger charge is -2.39. The van der Waals surface area contributed by atoms with Gasteiger partial charge in [0, 0.05) is 10.4 Å². The summed E-state index contributed by atoms with van der Waals surface area (Å²) in [6, 6.07) is 4.76. The van der Waals surface area contributed by atoms with E-state index < -0.39 is 11.9 Å². The van der Waals surface area contributed by atoms with Gasteiger partial charge in [-0.15, -0.1) is 0 Å². The van der Waals surface area contributed by atoms with Crippen molar-refractivity contribution in [3.05, 3.63) is 34.1 Å². The van der Waals surface area contributed by atoms with E-state index in [1.165, 1.54) is 6.07 Å². The monoisotopic (exact) mass is 328 g/mol. The Morgan fingerprint density at radius 2 is 2.16 bits per heavy atom. The number of halogens is 2. The number of hydrogen-bond donors (Lipinski definition) is 1. The van der Waals surface area contributed by atoms with Crippen LogP contribution in [0.1, 0.15) is 44.6 Å². The van der Waals surface area contributed by atoms with Gasteiger partial charge in [-0.3, -0.25) is 4.79 Å². The van der Waals surface area contributed by atoms with Crippen molar-refractivity contribution < 1.29 is 14.3 Å². The number of benzene rings is 1. The van der Waals surface area contributed by atoms with E-state index in [1.54, 1.807) is 12.1 Å². The van der Waals surface area contributed by atoms with Gasteiger partial charge in [-0.25, -0.2) is 4.39 Å². The number of rotatable bonds is 2. The van der Waals surface area contributed by atoms with Crippen molar-refractivity contribution in [2.24, 2.45) is 11.3 Å². The molecule has 2 nitrogen and oxygen atoms in total. The highest BCUT2D eigenvalue weighted by Crippen LogP contribution is 2.47. The number of carbonyl (C=O) groups is 1. The highest BCUT2D eigenvalue weighted by atomic mass is 79.9. The fraction of sp³-hybridized carbons (Fsp3) is 0.533. The molecular weight excluding hydrogens is 311 g/mol. The van der Waals surface area contributed by atoms with Gasteiger partial charge in [0.25, 0.3) is 0 Å². The van der Waals surface area contributed by atoms with Crippen LogP contribution in [-0.4, -0.2) is 11.1 Å². The standard InChI is InChI=1S/C15H18BrFO2/c1-15(2)6-5-10(14(18)19)12(8-15)11-7-9(16)3-4-13(11)17/h3-4,7,10,12H,5-6,8H2,1-2H3,(H,18,19). The molecule has 0 amide bonds. The molecule has 0 saturated heterocycles.